The van der Waals surface area contributed by atoms with E-state index >= 15 is 0 Å². The summed E-state index contributed by atoms with van der Waals surface area (Å²) in [6.07, 6.45) is 4.55. The zero-order chi connectivity index (χ0) is 18.5. The summed E-state index contributed by atoms with van der Waals surface area (Å²) in [6.45, 7) is 1.39. The van der Waals surface area contributed by atoms with E-state index in [-0.39, 0.29) is 5.97 Å². The van der Waals surface area contributed by atoms with E-state index in [0.717, 1.165) is 37.8 Å². The monoisotopic (exact) mass is 374 g/mol. The van der Waals surface area contributed by atoms with Crippen LogP contribution in [0, 0.1) is 35.5 Å². The van der Waals surface area contributed by atoms with E-state index < -0.39 is 29.3 Å². The molecule has 0 aliphatic heterocycles. The first-order chi connectivity index (χ1) is 12.3. The fourth-order valence-electron chi connectivity index (χ4n) is 5.60. The molecular weight excluding hydrogens is 352 g/mol. The van der Waals surface area contributed by atoms with Crippen LogP contribution in [0.2, 0.25) is 0 Å². The van der Waals surface area contributed by atoms with Crippen molar-refractivity contribution in [3.8, 4) is 6.07 Å². The van der Waals surface area contributed by atoms with Crippen molar-refractivity contribution in [3.05, 3.63) is 16.1 Å². The van der Waals surface area contributed by atoms with Crippen molar-refractivity contribution in [1.82, 2.24) is 4.98 Å². The summed E-state index contributed by atoms with van der Waals surface area (Å²) in [5.74, 6) is -1.09. The Labute approximate surface area is 156 Å². The molecule has 1 heterocycles. The van der Waals surface area contributed by atoms with Crippen LogP contribution in [0.4, 0.5) is 0 Å². The highest BCUT2D eigenvalue weighted by molar-refractivity contribution is 7.09. The molecule has 1 aromatic rings. The Hall–Kier alpha value is -1.78. The molecule has 4 fully saturated rings. The van der Waals surface area contributed by atoms with E-state index in [4.69, 9.17) is 4.74 Å². The van der Waals surface area contributed by atoms with E-state index in [1.165, 1.54) is 11.3 Å². The summed E-state index contributed by atoms with van der Waals surface area (Å²) in [4.78, 5) is 29.4. The van der Waals surface area contributed by atoms with Gasteiger partial charge in [0, 0.05) is 11.1 Å². The predicted molar refractivity (Wildman–Crippen MR) is 93.2 cm³/mol. The van der Waals surface area contributed by atoms with Crippen LogP contribution in [0.1, 0.15) is 55.1 Å². The molecule has 26 heavy (non-hydrogen) atoms. The molecule has 2 unspecified atom stereocenters. The van der Waals surface area contributed by atoms with Crippen molar-refractivity contribution < 1.29 is 19.4 Å². The van der Waals surface area contributed by atoms with Gasteiger partial charge in [0.15, 0.2) is 18.3 Å². The average Bonchev–Trinajstić information content (AvgIpc) is 2.97. The van der Waals surface area contributed by atoms with Crippen molar-refractivity contribution in [2.75, 3.05) is 6.61 Å². The van der Waals surface area contributed by atoms with Gasteiger partial charge in [-0.2, -0.15) is 5.26 Å². The Morgan fingerprint density at radius 3 is 2.65 bits per heavy atom. The normalized spacial score (nSPS) is 35.7. The Balaban J connectivity index is 1.42. The number of Topliss-reactive ketones (excluding diaryl/α,β-unsaturated/α-hetero) is 1. The Bertz CT molecular complexity index is 782. The molecule has 4 aliphatic carbocycles. The third kappa shape index (κ3) is 2.95. The van der Waals surface area contributed by atoms with Crippen molar-refractivity contribution in [2.45, 2.75) is 57.0 Å². The second-order valence-electron chi connectivity index (χ2n) is 8.40. The van der Waals surface area contributed by atoms with Gasteiger partial charge in [0.1, 0.15) is 5.01 Å². The Morgan fingerprint density at radius 2 is 2.12 bits per heavy atom. The maximum atomic E-state index is 12.8. The van der Waals surface area contributed by atoms with E-state index in [1.54, 1.807) is 12.3 Å². The maximum absolute atomic E-state index is 12.8. The van der Waals surface area contributed by atoms with Crippen molar-refractivity contribution in [2.24, 2.45) is 17.3 Å². The van der Waals surface area contributed by atoms with E-state index in [0.29, 0.717) is 23.3 Å². The van der Waals surface area contributed by atoms with Crippen molar-refractivity contribution in [3.63, 3.8) is 0 Å². The van der Waals surface area contributed by atoms with Crippen LogP contribution in [-0.2, 0) is 14.3 Å². The van der Waals surface area contributed by atoms with Crippen LogP contribution in [-0.4, -0.2) is 34.1 Å². The van der Waals surface area contributed by atoms with Gasteiger partial charge in [-0.3, -0.25) is 9.59 Å². The maximum Gasteiger partial charge on any atom is 0.312 e. The SMILES string of the molecule is Cc1csc([C@@H](C#N)C(=O)COC(=O)C23C[C@@H]4C[C@@H](CC(O)(C4)C2)C3)n1. The first-order valence-corrected chi connectivity index (χ1v) is 9.94. The molecule has 138 valence electrons. The highest BCUT2D eigenvalue weighted by atomic mass is 32.1. The Kier molecular flexibility index (Phi) is 4.16. The van der Waals surface area contributed by atoms with Gasteiger partial charge in [0.05, 0.1) is 17.1 Å². The summed E-state index contributed by atoms with van der Waals surface area (Å²) in [5, 5.41) is 22.3. The molecule has 0 saturated heterocycles. The van der Waals surface area contributed by atoms with Crippen LogP contribution in [0.25, 0.3) is 0 Å². The molecule has 4 bridgehead atoms. The smallest absolute Gasteiger partial charge is 0.312 e. The minimum atomic E-state index is -0.998. The molecule has 5 atom stereocenters. The molecule has 6 nitrogen and oxygen atoms in total. The van der Waals surface area contributed by atoms with E-state index in [1.807, 2.05) is 6.07 Å². The molecule has 7 heteroatoms. The standard InChI is InChI=1S/C19H22N2O4S/c1-11-9-26-16(21-11)14(7-20)15(22)8-25-17(23)18-3-12-2-13(4-18)6-19(24,5-12)10-18/h9,12-14,24H,2-6,8,10H2,1H3/t12-,13+,14-,18?,19?/m0/s1. The number of ketones is 1. The molecule has 0 amide bonds. The number of aliphatic hydroxyl groups is 1. The second-order valence-corrected chi connectivity index (χ2v) is 9.29. The van der Waals surface area contributed by atoms with Gasteiger partial charge in [-0.25, -0.2) is 4.98 Å². The average molecular weight is 374 g/mol. The van der Waals surface area contributed by atoms with E-state index in [2.05, 4.69) is 4.98 Å². The van der Waals surface area contributed by atoms with Crippen LogP contribution < -0.4 is 0 Å². The fourth-order valence-corrected chi connectivity index (χ4v) is 6.46. The number of ether oxygens (including phenoxy) is 1. The van der Waals surface area contributed by atoms with Gasteiger partial charge in [0.25, 0.3) is 0 Å². The van der Waals surface area contributed by atoms with E-state index in [9.17, 15) is 20.0 Å². The highest BCUT2D eigenvalue weighted by Gasteiger charge is 2.60. The number of carbonyl (C=O) groups is 2. The lowest BCUT2D eigenvalue weighted by atomic mass is 9.48. The molecule has 4 saturated carbocycles. The number of rotatable bonds is 5. The van der Waals surface area contributed by atoms with Crippen LogP contribution >= 0.6 is 11.3 Å². The zero-order valence-corrected chi connectivity index (χ0v) is 15.6. The van der Waals surface area contributed by atoms with Crippen LogP contribution in [0.3, 0.4) is 0 Å². The quantitative estimate of drug-likeness (QED) is 0.795. The summed E-state index contributed by atoms with van der Waals surface area (Å²) in [5.41, 5.74) is -0.642. The van der Waals surface area contributed by atoms with Gasteiger partial charge in [0.2, 0.25) is 0 Å². The molecule has 4 aliphatic rings. The van der Waals surface area contributed by atoms with Gasteiger partial charge in [-0.05, 0) is 57.3 Å². The van der Waals surface area contributed by atoms with Crippen molar-refractivity contribution >= 4 is 23.1 Å². The first kappa shape index (κ1) is 17.6. The number of esters is 1. The topological polar surface area (TPSA) is 100 Å². The summed E-state index contributed by atoms with van der Waals surface area (Å²) < 4.78 is 5.37. The second kappa shape index (κ2) is 6.14. The number of thiazole rings is 1. The largest absolute Gasteiger partial charge is 0.457 e. The lowest BCUT2D eigenvalue weighted by molar-refractivity contribution is -0.196. The van der Waals surface area contributed by atoms with Crippen LogP contribution in [0.15, 0.2) is 5.38 Å². The predicted octanol–water partition coefficient (Wildman–Crippen LogP) is 2.50. The molecule has 1 aromatic heterocycles. The van der Waals surface area contributed by atoms with Gasteiger partial charge >= 0.3 is 5.97 Å². The summed E-state index contributed by atoms with van der Waals surface area (Å²) in [6, 6.07) is 1.96. The minimum Gasteiger partial charge on any atom is -0.457 e. The number of hydrogen-bond acceptors (Lipinski definition) is 7. The number of aryl methyl sites for hydroxylation is 1. The summed E-state index contributed by atoms with van der Waals surface area (Å²) >= 11 is 1.26. The minimum absolute atomic E-state index is 0.370. The molecular formula is C19H22N2O4S. The lowest BCUT2D eigenvalue weighted by Gasteiger charge is -2.58. The fraction of sp³-hybridized carbons (Fsp3) is 0.684. The highest BCUT2D eigenvalue weighted by Crippen LogP contribution is 2.61. The number of carbonyl (C=O) groups excluding carboxylic acids is 2. The number of nitrogens with zero attached hydrogens (tertiary/aromatic N) is 2. The van der Waals surface area contributed by atoms with Gasteiger partial charge in [-0.15, -0.1) is 11.3 Å². The summed E-state index contributed by atoms with van der Waals surface area (Å²) in [7, 11) is 0. The first-order valence-electron chi connectivity index (χ1n) is 9.06. The van der Waals surface area contributed by atoms with Crippen LogP contribution in [0.5, 0.6) is 0 Å². The third-order valence-corrected chi connectivity index (χ3v) is 7.17. The molecule has 0 spiro atoms. The number of nitriles is 1. The third-order valence-electron chi connectivity index (χ3n) is 6.14. The number of aromatic nitrogens is 1. The Morgan fingerprint density at radius 1 is 1.42 bits per heavy atom. The molecule has 5 rings (SSSR count). The van der Waals surface area contributed by atoms with Gasteiger partial charge in [-0.1, -0.05) is 0 Å². The van der Waals surface area contributed by atoms with Crippen molar-refractivity contribution in [1.29, 1.82) is 5.26 Å². The molecule has 1 N–H and O–H groups in total. The number of hydrogen-bond donors (Lipinski definition) is 1. The zero-order valence-electron chi connectivity index (χ0n) is 14.7. The van der Waals surface area contributed by atoms with Gasteiger partial charge < -0.3 is 9.84 Å². The molecule has 0 radical (unpaired) electrons. The lowest BCUT2D eigenvalue weighted by Crippen LogP contribution is -2.58. The molecule has 0 aromatic carbocycles.